The number of halogens is 7. The molecule has 107 heavy (non-hydrogen) atoms. The highest BCUT2D eigenvalue weighted by atomic mass is 35.5. The van der Waals surface area contributed by atoms with Crippen molar-refractivity contribution in [2.24, 2.45) is 23.5 Å². The molecule has 0 unspecified atom stereocenters. The minimum atomic E-state index is -4.31. The van der Waals surface area contributed by atoms with Gasteiger partial charge in [0.05, 0.1) is 21.0 Å². The monoisotopic (exact) mass is 1500 g/mol. The molecule has 7 aromatic rings. The third kappa shape index (κ3) is 30.3. The third-order valence-corrected chi connectivity index (χ3v) is 20.2. The van der Waals surface area contributed by atoms with E-state index in [0.29, 0.717) is 43.9 Å². The quantitative estimate of drug-likeness (QED) is 0.0241. The van der Waals surface area contributed by atoms with Crippen molar-refractivity contribution >= 4 is 40.5 Å². The van der Waals surface area contributed by atoms with Gasteiger partial charge in [-0.15, -0.1) is 0 Å². The van der Waals surface area contributed by atoms with Crippen LogP contribution >= 0.6 is 11.6 Å². The van der Waals surface area contributed by atoms with E-state index in [4.69, 9.17) is 22.1 Å². The zero-order valence-electron chi connectivity index (χ0n) is 60.4. The maximum atomic E-state index is 12.8. The topological polar surface area (TPSA) is 231 Å². The number of rotatable bonds is 20. The van der Waals surface area contributed by atoms with Gasteiger partial charge in [-0.05, 0) is 248 Å². The van der Waals surface area contributed by atoms with Gasteiger partial charge in [0.25, 0.3) is 11.4 Å². The minimum Gasteiger partial charge on any atom is -0.414 e. The largest absolute Gasteiger partial charge is 0.416 e. The second-order valence-corrected chi connectivity index (χ2v) is 28.0. The number of carbonyl (C=O) groups is 3. The molecule has 576 valence electrons. The van der Waals surface area contributed by atoms with Crippen LogP contribution in [0.25, 0.3) is 0 Å². The summed E-state index contributed by atoms with van der Waals surface area (Å²) in [6, 6.07) is 53.3. The van der Waals surface area contributed by atoms with E-state index in [1.165, 1.54) is 123 Å². The lowest BCUT2D eigenvalue weighted by molar-refractivity contribution is -0.385. The predicted octanol–water partition coefficient (Wildman–Crippen LogP) is 17.6. The molecule has 5 aliphatic rings. The molecular weight excluding hydrogens is 1410 g/mol. The lowest BCUT2D eigenvalue weighted by atomic mass is 9.89. The molecule has 5 heterocycles. The number of alkyl halides is 6. The molecular formula is C81H99ClF6N10O9. The molecule has 7 aromatic carbocycles. The van der Waals surface area contributed by atoms with E-state index >= 15 is 0 Å². The number of likely N-dealkylation sites (tertiary alicyclic amines) is 4. The van der Waals surface area contributed by atoms with Gasteiger partial charge in [0.15, 0.2) is 0 Å². The Bertz CT molecular complexity index is 3750. The SMILES string of the molecule is FC(F)(F)c1ccc(C2CCNCC2)cc1.NCCC1CCN(Cc2ccccc2)CC1.O=C(Cl)Oc1ccc([N+](=O)[O-])cc1.O=C(NCCC1CCN(Cc2ccccc2)CC1)N1CCC(c2ccc(C(F)(F)F)cc2)CC1.O=C(NCCC1CCN(Cc2ccccc2)CC1)Oc1ccc([N+](=O)[O-])cc1. The van der Waals surface area contributed by atoms with E-state index in [9.17, 15) is 61.0 Å². The smallest absolute Gasteiger partial charge is 0.414 e. The first kappa shape index (κ1) is 83.7. The standard InChI is InChI=1S/C27H34F3N3O.C21H25N3O4.C14H22N2.C12H14F3N.C7H4ClNO4/c28-27(29,30)25-8-6-23(7-9-25)24-13-18-33(19-14-24)26(34)31-15-10-21-11-16-32(17-12-21)20-22-4-2-1-3-5-22;25-21(28-20-8-6-19(7-9-20)24(26)27)22-13-10-17-11-14-23(15-12-17)16-18-4-2-1-3-5-18;15-9-6-13-7-10-16(11-8-13)12-14-4-2-1-3-5-14;13-12(14,15)11-3-1-9(2-4-11)10-5-7-16-8-6-10;8-7(10)13-6-3-1-5(2-4-6)9(11)12/h1-9,21,24H,10-20H2,(H,31,34);1-9,17H,10-16H2,(H,22,25);1-5,13H,6-12,15H2;1-4,10,16H,5-8H2;1-4H. The van der Waals surface area contributed by atoms with Gasteiger partial charge in [0.1, 0.15) is 11.5 Å². The molecule has 5 saturated heterocycles. The van der Waals surface area contributed by atoms with Crippen LogP contribution in [0.15, 0.2) is 188 Å². The molecule has 0 saturated carbocycles. The van der Waals surface area contributed by atoms with Crippen molar-refractivity contribution in [3.63, 3.8) is 0 Å². The zero-order chi connectivity index (χ0) is 76.4. The van der Waals surface area contributed by atoms with Crippen LogP contribution in [0, 0.1) is 38.0 Å². The van der Waals surface area contributed by atoms with Crippen molar-refractivity contribution in [1.29, 1.82) is 0 Å². The Morgan fingerprint density at radius 3 is 1.15 bits per heavy atom. The molecule has 26 heteroatoms. The fraction of sp³-hybridized carbons (Fsp3) is 0.444. The number of hydrogen-bond acceptors (Lipinski definition) is 14. The van der Waals surface area contributed by atoms with Crippen molar-refractivity contribution in [2.75, 3.05) is 85.1 Å². The maximum absolute atomic E-state index is 12.8. The first-order chi connectivity index (χ1) is 51.5. The summed E-state index contributed by atoms with van der Waals surface area (Å²) in [5.74, 6) is 3.19. The van der Waals surface area contributed by atoms with Gasteiger partial charge >= 0.3 is 29.9 Å². The molecule has 3 amide bonds. The molecule has 0 aliphatic carbocycles. The second-order valence-electron chi connectivity index (χ2n) is 27.7. The maximum Gasteiger partial charge on any atom is 0.416 e. The van der Waals surface area contributed by atoms with Crippen LogP contribution in [0.3, 0.4) is 0 Å². The van der Waals surface area contributed by atoms with Crippen molar-refractivity contribution < 1.29 is 60.0 Å². The Hall–Kier alpha value is -8.98. The highest BCUT2D eigenvalue weighted by molar-refractivity contribution is 6.61. The number of nitrogens with one attached hydrogen (secondary N) is 3. The number of nitrogens with two attached hydrogens (primary N) is 1. The van der Waals surface area contributed by atoms with Gasteiger partial charge in [-0.3, -0.25) is 34.9 Å². The van der Waals surface area contributed by atoms with Crippen LogP contribution in [-0.4, -0.2) is 132 Å². The number of carbonyl (C=O) groups excluding carboxylic acids is 3. The summed E-state index contributed by atoms with van der Waals surface area (Å²) in [6.45, 7) is 15.2. The molecule has 0 spiro atoms. The van der Waals surface area contributed by atoms with Gasteiger partial charge in [-0.25, -0.2) is 14.4 Å². The van der Waals surface area contributed by atoms with Crippen LogP contribution in [-0.2, 0) is 32.0 Å². The van der Waals surface area contributed by atoms with Crippen molar-refractivity contribution in [3.8, 4) is 11.5 Å². The van der Waals surface area contributed by atoms with Crippen molar-refractivity contribution in [1.82, 2.24) is 35.6 Å². The van der Waals surface area contributed by atoms with Crippen molar-refractivity contribution in [2.45, 2.75) is 127 Å². The number of nitro groups is 2. The number of non-ortho nitro benzene ring substituents is 2. The summed E-state index contributed by atoms with van der Waals surface area (Å²) < 4.78 is 85.0. The lowest BCUT2D eigenvalue weighted by Gasteiger charge is -2.33. The van der Waals surface area contributed by atoms with E-state index in [1.54, 1.807) is 24.3 Å². The van der Waals surface area contributed by atoms with Gasteiger partial charge < -0.3 is 36.1 Å². The normalized spacial score (nSPS) is 16.7. The van der Waals surface area contributed by atoms with E-state index in [0.717, 1.165) is 146 Å². The number of piperidine rings is 5. The number of benzene rings is 7. The highest BCUT2D eigenvalue weighted by Crippen LogP contribution is 2.35. The Balaban J connectivity index is 0.000000177. The summed E-state index contributed by atoms with van der Waals surface area (Å²) in [5, 5.41) is 29.9. The zero-order valence-corrected chi connectivity index (χ0v) is 61.1. The van der Waals surface area contributed by atoms with E-state index < -0.39 is 44.8 Å². The number of amides is 3. The Labute approximate surface area is 627 Å². The summed E-state index contributed by atoms with van der Waals surface area (Å²) in [4.78, 5) is 63.8. The molecule has 12 rings (SSSR count). The minimum absolute atomic E-state index is 0.0209. The average molecular weight is 1510 g/mol. The van der Waals surface area contributed by atoms with E-state index in [1.807, 2.05) is 17.0 Å². The fourth-order valence-corrected chi connectivity index (χ4v) is 14.0. The molecule has 19 nitrogen and oxygen atoms in total. The number of nitro benzene ring substituents is 2. The highest BCUT2D eigenvalue weighted by Gasteiger charge is 2.33. The fourth-order valence-electron chi connectivity index (χ4n) is 13.9. The van der Waals surface area contributed by atoms with Crippen LogP contribution in [0.4, 0.5) is 52.1 Å². The summed E-state index contributed by atoms with van der Waals surface area (Å²) in [7, 11) is 0. The first-order valence-electron chi connectivity index (χ1n) is 36.9. The molecule has 5 aliphatic heterocycles. The van der Waals surface area contributed by atoms with Crippen LogP contribution in [0.1, 0.15) is 134 Å². The van der Waals surface area contributed by atoms with Crippen molar-refractivity contribution in [3.05, 3.63) is 247 Å². The molecule has 5 N–H and O–H groups in total. The second kappa shape index (κ2) is 43.7. The Morgan fingerprint density at radius 1 is 0.458 bits per heavy atom. The molecule has 5 fully saturated rings. The summed E-state index contributed by atoms with van der Waals surface area (Å²) in [5.41, 5.74) is 9.41. The average Bonchev–Trinajstić information content (AvgIpc) is 0.834. The van der Waals surface area contributed by atoms with Gasteiger partial charge in [-0.1, -0.05) is 115 Å². The van der Waals surface area contributed by atoms with Gasteiger partial charge in [-0.2, -0.15) is 26.3 Å². The number of urea groups is 1. The van der Waals surface area contributed by atoms with Gasteiger partial charge in [0.2, 0.25) is 0 Å². The molecule has 0 atom stereocenters. The van der Waals surface area contributed by atoms with E-state index in [2.05, 4.69) is 114 Å². The lowest BCUT2D eigenvalue weighted by Crippen LogP contribution is -2.44. The number of ether oxygens (including phenoxy) is 2. The molecule has 0 aromatic heterocycles. The summed E-state index contributed by atoms with van der Waals surface area (Å²) >= 11 is 4.92. The summed E-state index contributed by atoms with van der Waals surface area (Å²) in [6.07, 6.45) is 4.88. The van der Waals surface area contributed by atoms with E-state index in [-0.39, 0.29) is 34.8 Å². The predicted molar refractivity (Wildman–Crippen MR) is 403 cm³/mol. The third-order valence-electron chi connectivity index (χ3n) is 20.1. The molecule has 0 radical (unpaired) electrons. The molecule has 0 bridgehead atoms. The van der Waals surface area contributed by atoms with Crippen LogP contribution in [0.5, 0.6) is 11.5 Å². The van der Waals surface area contributed by atoms with Crippen LogP contribution < -0.4 is 31.2 Å². The van der Waals surface area contributed by atoms with Crippen LogP contribution in [0.2, 0.25) is 0 Å². The number of nitrogens with zero attached hydrogens (tertiary/aromatic N) is 6. The van der Waals surface area contributed by atoms with Gasteiger partial charge in [0, 0.05) is 81.7 Å². The number of hydrogen-bond donors (Lipinski definition) is 4. The first-order valence-corrected chi connectivity index (χ1v) is 37.3. The Kier molecular flexibility index (Phi) is 34.2. The Morgan fingerprint density at radius 2 is 0.804 bits per heavy atom.